The Morgan fingerprint density at radius 1 is 1.29 bits per heavy atom. The highest BCUT2D eigenvalue weighted by molar-refractivity contribution is 5.39. The molecule has 7 heteroatoms. The summed E-state index contributed by atoms with van der Waals surface area (Å²) < 4.78 is 5.61. The summed E-state index contributed by atoms with van der Waals surface area (Å²) in [4.78, 5) is 25.9. The second kappa shape index (κ2) is 7.93. The third-order valence-corrected chi connectivity index (χ3v) is 5.65. The molecule has 3 heterocycles. The van der Waals surface area contributed by atoms with E-state index in [1.54, 1.807) is 6.07 Å². The highest BCUT2D eigenvalue weighted by atomic mass is 16.5. The van der Waals surface area contributed by atoms with E-state index in [0.29, 0.717) is 18.5 Å². The number of likely N-dealkylation sites (N-methyl/N-ethyl adjacent to an activating group) is 1. The fraction of sp³-hybridized carbons (Fsp3) is 0.524. The number of nitrogens with zero attached hydrogens (tertiary/aromatic N) is 4. The number of benzene rings is 1. The van der Waals surface area contributed by atoms with Crippen molar-refractivity contribution in [3.05, 3.63) is 51.4 Å². The van der Waals surface area contributed by atoms with Crippen LogP contribution in [-0.2, 0) is 19.5 Å². The number of hydrogen-bond acceptors (Lipinski definition) is 6. The lowest BCUT2D eigenvalue weighted by Gasteiger charge is -2.25. The quantitative estimate of drug-likeness (QED) is 0.815. The molecule has 2 aliphatic rings. The standard InChI is InChI=1S/C21H29N5O2/c1-24(2)21-22-17(11-20(27)23-21)13-25(3)18-6-8-26(14-18)12-15-4-5-19-16(10-15)7-9-28-19/h4-5,10-11,18H,6-9,12-14H2,1-3H3,(H,22,23,27)/t18-/m0/s1. The summed E-state index contributed by atoms with van der Waals surface area (Å²) in [5, 5.41) is 0. The summed E-state index contributed by atoms with van der Waals surface area (Å²) >= 11 is 0. The van der Waals surface area contributed by atoms with Crippen LogP contribution in [0.25, 0.3) is 0 Å². The molecule has 7 nitrogen and oxygen atoms in total. The Kier molecular flexibility index (Phi) is 5.37. The third kappa shape index (κ3) is 4.20. The van der Waals surface area contributed by atoms with Gasteiger partial charge in [-0.05, 0) is 30.7 Å². The van der Waals surface area contributed by atoms with Gasteiger partial charge in [-0.1, -0.05) is 12.1 Å². The number of likely N-dealkylation sites (tertiary alicyclic amines) is 1. The molecular formula is C21H29N5O2. The molecule has 1 atom stereocenters. The highest BCUT2D eigenvalue weighted by Gasteiger charge is 2.26. The van der Waals surface area contributed by atoms with E-state index in [-0.39, 0.29) is 5.56 Å². The van der Waals surface area contributed by atoms with Gasteiger partial charge in [0, 0.05) is 58.8 Å². The molecule has 0 aliphatic carbocycles. The first-order valence-electron chi connectivity index (χ1n) is 9.93. The zero-order valence-corrected chi connectivity index (χ0v) is 16.9. The van der Waals surface area contributed by atoms with Crippen LogP contribution in [0.2, 0.25) is 0 Å². The number of anilines is 1. The van der Waals surface area contributed by atoms with E-state index in [0.717, 1.165) is 50.5 Å². The van der Waals surface area contributed by atoms with Crippen molar-refractivity contribution in [2.75, 3.05) is 45.7 Å². The smallest absolute Gasteiger partial charge is 0.252 e. The zero-order valence-electron chi connectivity index (χ0n) is 16.9. The SMILES string of the molecule is CN(C)c1nc(CN(C)[C@H]2CCN(Cc3ccc4c(c3)CCO4)C2)cc(=O)[nH]1. The Labute approximate surface area is 165 Å². The van der Waals surface area contributed by atoms with E-state index in [1.807, 2.05) is 19.0 Å². The van der Waals surface area contributed by atoms with Crippen molar-refractivity contribution in [1.29, 1.82) is 0 Å². The molecule has 4 rings (SSSR count). The number of aromatic nitrogens is 2. The highest BCUT2D eigenvalue weighted by Crippen LogP contribution is 2.27. The van der Waals surface area contributed by atoms with Crippen LogP contribution in [0.5, 0.6) is 5.75 Å². The Hall–Kier alpha value is -2.38. The summed E-state index contributed by atoms with van der Waals surface area (Å²) in [5.41, 5.74) is 3.41. The maximum absolute atomic E-state index is 11.9. The van der Waals surface area contributed by atoms with Crippen LogP contribution < -0.4 is 15.2 Å². The van der Waals surface area contributed by atoms with Gasteiger partial charge in [0.05, 0.1) is 12.3 Å². The van der Waals surface area contributed by atoms with Gasteiger partial charge in [0.1, 0.15) is 5.75 Å². The van der Waals surface area contributed by atoms with Crippen LogP contribution >= 0.6 is 0 Å². The molecule has 0 unspecified atom stereocenters. The van der Waals surface area contributed by atoms with Crippen LogP contribution in [0.1, 0.15) is 23.2 Å². The molecule has 2 aliphatic heterocycles. The first-order chi connectivity index (χ1) is 13.5. The average molecular weight is 383 g/mol. The largest absolute Gasteiger partial charge is 0.493 e. The topological polar surface area (TPSA) is 64.7 Å². The summed E-state index contributed by atoms with van der Waals surface area (Å²) in [5.74, 6) is 1.65. The number of aromatic amines is 1. The molecule has 1 aromatic heterocycles. The number of hydrogen-bond donors (Lipinski definition) is 1. The molecule has 1 N–H and O–H groups in total. The lowest BCUT2D eigenvalue weighted by molar-refractivity contribution is 0.220. The molecule has 2 aromatic rings. The Bertz CT molecular complexity index is 895. The predicted octanol–water partition coefficient (Wildman–Crippen LogP) is 1.48. The first-order valence-corrected chi connectivity index (χ1v) is 9.93. The van der Waals surface area contributed by atoms with Crippen LogP contribution in [0, 0.1) is 0 Å². The Balaban J connectivity index is 1.35. The van der Waals surface area contributed by atoms with Crippen molar-refractivity contribution in [3.63, 3.8) is 0 Å². The molecule has 1 saturated heterocycles. The van der Waals surface area contributed by atoms with E-state index in [4.69, 9.17) is 4.74 Å². The maximum Gasteiger partial charge on any atom is 0.252 e. The summed E-state index contributed by atoms with van der Waals surface area (Å²) in [6.07, 6.45) is 2.15. The monoisotopic (exact) mass is 383 g/mol. The van der Waals surface area contributed by atoms with E-state index >= 15 is 0 Å². The minimum absolute atomic E-state index is 0.101. The Morgan fingerprint density at radius 2 is 2.14 bits per heavy atom. The number of H-pyrrole nitrogens is 1. The average Bonchev–Trinajstić information content (AvgIpc) is 3.30. The van der Waals surface area contributed by atoms with Crippen molar-refractivity contribution >= 4 is 5.95 Å². The van der Waals surface area contributed by atoms with Gasteiger partial charge in [0.15, 0.2) is 0 Å². The molecule has 1 aromatic carbocycles. The summed E-state index contributed by atoms with van der Waals surface area (Å²) in [6.45, 7) is 4.59. The van der Waals surface area contributed by atoms with Crippen LogP contribution in [-0.4, -0.2) is 66.6 Å². The van der Waals surface area contributed by atoms with Gasteiger partial charge in [0.2, 0.25) is 5.95 Å². The minimum Gasteiger partial charge on any atom is -0.493 e. The molecular weight excluding hydrogens is 354 g/mol. The van der Waals surface area contributed by atoms with Gasteiger partial charge in [-0.25, -0.2) is 4.98 Å². The molecule has 28 heavy (non-hydrogen) atoms. The molecule has 1 fully saturated rings. The van der Waals surface area contributed by atoms with E-state index in [2.05, 4.69) is 45.0 Å². The number of ether oxygens (including phenoxy) is 1. The number of rotatable bonds is 6. The third-order valence-electron chi connectivity index (χ3n) is 5.65. The number of nitrogens with one attached hydrogen (secondary N) is 1. The fourth-order valence-corrected chi connectivity index (χ4v) is 4.08. The molecule has 0 bridgehead atoms. The zero-order chi connectivity index (χ0) is 19.7. The minimum atomic E-state index is -0.101. The molecule has 150 valence electrons. The van der Waals surface area contributed by atoms with Crippen LogP contribution in [0.15, 0.2) is 29.1 Å². The molecule has 0 amide bonds. The van der Waals surface area contributed by atoms with E-state index in [1.165, 1.54) is 11.1 Å². The summed E-state index contributed by atoms with van der Waals surface area (Å²) in [6, 6.07) is 8.66. The van der Waals surface area contributed by atoms with Crippen LogP contribution in [0.4, 0.5) is 5.95 Å². The Morgan fingerprint density at radius 3 is 2.96 bits per heavy atom. The summed E-state index contributed by atoms with van der Waals surface area (Å²) in [7, 11) is 5.89. The lowest BCUT2D eigenvalue weighted by atomic mass is 10.1. The second-order valence-corrected chi connectivity index (χ2v) is 8.09. The second-order valence-electron chi connectivity index (χ2n) is 8.09. The predicted molar refractivity (Wildman–Crippen MR) is 110 cm³/mol. The van der Waals surface area contributed by atoms with Gasteiger partial charge in [0.25, 0.3) is 5.56 Å². The van der Waals surface area contributed by atoms with E-state index < -0.39 is 0 Å². The van der Waals surface area contributed by atoms with Gasteiger partial charge in [-0.2, -0.15) is 0 Å². The fourth-order valence-electron chi connectivity index (χ4n) is 4.08. The van der Waals surface area contributed by atoms with Crippen molar-refractivity contribution in [3.8, 4) is 5.75 Å². The lowest BCUT2D eigenvalue weighted by Crippen LogP contribution is -2.34. The van der Waals surface area contributed by atoms with Crippen LogP contribution in [0.3, 0.4) is 0 Å². The van der Waals surface area contributed by atoms with Crippen molar-refractivity contribution in [2.24, 2.45) is 0 Å². The number of fused-ring (bicyclic) bond motifs is 1. The van der Waals surface area contributed by atoms with Crippen molar-refractivity contribution in [2.45, 2.75) is 32.0 Å². The van der Waals surface area contributed by atoms with Gasteiger partial charge in [-0.15, -0.1) is 0 Å². The van der Waals surface area contributed by atoms with Gasteiger partial charge < -0.3 is 9.64 Å². The molecule has 0 saturated carbocycles. The van der Waals surface area contributed by atoms with Gasteiger partial charge >= 0.3 is 0 Å². The first kappa shape index (κ1) is 19.0. The molecule has 0 spiro atoms. The molecule has 0 radical (unpaired) electrons. The van der Waals surface area contributed by atoms with Crippen molar-refractivity contribution < 1.29 is 4.74 Å². The maximum atomic E-state index is 11.9. The van der Waals surface area contributed by atoms with E-state index in [9.17, 15) is 4.79 Å². The van der Waals surface area contributed by atoms with Gasteiger partial charge in [-0.3, -0.25) is 19.6 Å². The normalized spacial score (nSPS) is 19.1. The van der Waals surface area contributed by atoms with Crippen molar-refractivity contribution in [1.82, 2.24) is 19.8 Å².